The molecule has 2 heterocycles. The van der Waals surface area contributed by atoms with Gasteiger partial charge in [-0.2, -0.15) is 5.10 Å². The Morgan fingerprint density at radius 3 is 2.84 bits per heavy atom. The fourth-order valence-electron chi connectivity index (χ4n) is 2.40. The summed E-state index contributed by atoms with van der Waals surface area (Å²) in [6.07, 6.45) is 7.68. The van der Waals surface area contributed by atoms with E-state index >= 15 is 0 Å². The van der Waals surface area contributed by atoms with Crippen molar-refractivity contribution in [3.63, 3.8) is 0 Å². The van der Waals surface area contributed by atoms with E-state index in [4.69, 9.17) is 34.5 Å². The minimum Gasteiger partial charge on any atom is -0.389 e. The zero-order chi connectivity index (χ0) is 13.4. The maximum absolute atomic E-state index is 5.91. The van der Waals surface area contributed by atoms with Crippen LogP contribution in [0.3, 0.4) is 0 Å². The molecule has 1 aliphatic rings. The van der Waals surface area contributed by atoms with Gasteiger partial charge in [0.1, 0.15) is 4.99 Å². The highest BCUT2D eigenvalue weighted by Gasteiger charge is 2.18. The van der Waals surface area contributed by atoms with Crippen LogP contribution in [0.25, 0.3) is 5.82 Å². The van der Waals surface area contributed by atoms with Gasteiger partial charge in [-0.05, 0) is 37.3 Å². The molecular formula is C13H13ClN4S. The Labute approximate surface area is 121 Å². The summed E-state index contributed by atoms with van der Waals surface area (Å²) in [4.78, 5) is 5.03. The first kappa shape index (κ1) is 12.6. The van der Waals surface area contributed by atoms with Crippen molar-refractivity contribution in [2.24, 2.45) is 5.73 Å². The summed E-state index contributed by atoms with van der Waals surface area (Å²) in [7, 11) is 0. The molecule has 0 bridgehead atoms. The Kier molecular flexibility index (Phi) is 3.24. The molecular weight excluding hydrogens is 280 g/mol. The first-order valence-corrected chi connectivity index (χ1v) is 6.97. The lowest BCUT2D eigenvalue weighted by molar-refractivity contribution is 0.661. The zero-order valence-electron chi connectivity index (χ0n) is 10.3. The largest absolute Gasteiger partial charge is 0.389 e. The highest BCUT2D eigenvalue weighted by molar-refractivity contribution is 7.80. The topological polar surface area (TPSA) is 56.7 Å². The Morgan fingerprint density at radius 1 is 1.37 bits per heavy atom. The first-order chi connectivity index (χ1) is 9.15. The number of nitrogens with zero attached hydrogens (tertiary/aromatic N) is 3. The Bertz CT molecular complexity index is 650. The fourth-order valence-corrected chi connectivity index (χ4v) is 2.68. The van der Waals surface area contributed by atoms with Crippen LogP contribution >= 0.6 is 23.8 Å². The molecule has 2 aromatic rings. The van der Waals surface area contributed by atoms with E-state index in [0.29, 0.717) is 15.8 Å². The zero-order valence-corrected chi connectivity index (χ0v) is 11.8. The maximum atomic E-state index is 5.91. The third kappa shape index (κ3) is 2.35. The number of aryl methyl sites for hydroxylation is 2. The molecule has 19 heavy (non-hydrogen) atoms. The van der Waals surface area contributed by atoms with Crippen molar-refractivity contribution >= 4 is 28.8 Å². The third-order valence-electron chi connectivity index (χ3n) is 3.31. The summed E-state index contributed by atoms with van der Waals surface area (Å²) in [5.41, 5.74) is 8.93. The van der Waals surface area contributed by atoms with Gasteiger partial charge in [0.2, 0.25) is 0 Å². The number of pyridine rings is 1. The first-order valence-electron chi connectivity index (χ1n) is 6.18. The molecule has 4 nitrogen and oxygen atoms in total. The molecule has 0 saturated heterocycles. The quantitative estimate of drug-likeness (QED) is 0.864. The van der Waals surface area contributed by atoms with E-state index in [0.717, 1.165) is 24.1 Å². The minimum atomic E-state index is 0.336. The highest BCUT2D eigenvalue weighted by atomic mass is 35.5. The van der Waals surface area contributed by atoms with Crippen molar-refractivity contribution in [3.8, 4) is 5.82 Å². The lowest BCUT2D eigenvalue weighted by Crippen LogP contribution is -2.18. The Hall–Kier alpha value is -1.46. The van der Waals surface area contributed by atoms with E-state index in [1.807, 2.05) is 0 Å². The van der Waals surface area contributed by atoms with Crippen molar-refractivity contribution in [2.75, 3.05) is 0 Å². The summed E-state index contributed by atoms with van der Waals surface area (Å²) >= 11 is 11.0. The summed E-state index contributed by atoms with van der Waals surface area (Å²) in [6, 6.07) is 2.05. The molecule has 0 saturated carbocycles. The number of rotatable bonds is 2. The number of hydrogen-bond acceptors (Lipinski definition) is 3. The van der Waals surface area contributed by atoms with Crippen LogP contribution in [0.15, 0.2) is 18.5 Å². The van der Waals surface area contributed by atoms with Crippen molar-refractivity contribution in [1.82, 2.24) is 14.8 Å². The maximum Gasteiger partial charge on any atom is 0.163 e. The van der Waals surface area contributed by atoms with E-state index in [1.54, 1.807) is 17.1 Å². The third-order valence-corrected chi connectivity index (χ3v) is 3.73. The number of thiocarbonyl (C=S) groups is 1. The molecule has 1 aliphatic carbocycles. The molecule has 3 rings (SSSR count). The van der Waals surface area contributed by atoms with Gasteiger partial charge in [-0.15, -0.1) is 0 Å². The SMILES string of the molecule is NC(=S)c1cc2c(nc1-n1cc(Cl)cn1)CCCC2. The average molecular weight is 293 g/mol. The molecule has 0 aromatic carbocycles. The number of fused-ring (bicyclic) bond motifs is 1. The molecule has 0 spiro atoms. The summed E-state index contributed by atoms with van der Waals surface area (Å²) in [6.45, 7) is 0. The lowest BCUT2D eigenvalue weighted by atomic mass is 9.94. The molecule has 0 fully saturated rings. The van der Waals surface area contributed by atoms with Gasteiger partial charge < -0.3 is 5.73 Å². The van der Waals surface area contributed by atoms with Gasteiger partial charge in [-0.1, -0.05) is 23.8 Å². The van der Waals surface area contributed by atoms with Crippen molar-refractivity contribution < 1.29 is 0 Å². The highest BCUT2D eigenvalue weighted by Crippen LogP contribution is 2.24. The fraction of sp³-hybridized carbons (Fsp3) is 0.308. The molecule has 0 aliphatic heterocycles. The van der Waals surface area contributed by atoms with Gasteiger partial charge in [-0.25, -0.2) is 9.67 Å². The number of aromatic nitrogens is 3. The van der Waals surface area contributed by atoms with Crippen LogP contribution in [0.1, 0.15) is 29.7 Å². The average Bonchev–Trinajstić information content (AvgIpc) is 2.83. The normalized spacial score (nSPS) is 14.2. The summed E-state index contributed by atoms with van der Waals surface area (Å²) in [5, 5.41) is 4.75. The van der Waals surface area contributed by atoms with E-state index in [9.17, 15) is 0 Å². The number of halogens is 1. The van der Waals surface area contributed by atoms with Crippen LogP contribution < -0.4 is 5.73 Å². The van der Waals surface area contributed by atoms with Crippen LogP contribution in [0, 0.1) is 0 Å². The van der Waals surface area contributed by atoms with Crippen LogP contribution in [0.2, 0.25) is 5.02 Å². The van der Waals surface area contributed by atoms with E-state index in [2.05, 4.69) is 11.2 Å². The van der Waals surface area contributed by atoms with Gasteiger partial charge in [0.15, 0.2) is 5.82 Å². The monoisotopic (exact) mass is 292 g/mol. The molecule has 2 N–H and O–H groups in total. The van der Waals surface area contributed by atoms with Crippen molar-refractivity contribution in [2.45, 2.75) is 25.7 Å². The van der Waals surface area contributed by atoms with Crippen molar-refractivity contribution in [1.29, 1.82) is 0 Å². The van der Waals surface area contributed by atoms with E-state index in [-0.39, 0.29) is 0 Å². The van der Waals surface area contributed by atoms with Crippen molar-refractivity contribution in [3.05, 3.63) is 40.3 Å². The van der Waals surface area contributed by atoms with Gasteiger partial charge in [0, 0.05) is 5.69 Å². The Morgan fingerprint density at radius 2 is 2.16 bits per heavy atom. The van der Waals surface area contributed by atoms with Crippen LogP contribution in [0.5, 0.6) is 0 Å². The van der Waals surface area contributed by atoms with Crippen LogP contribution in [-0.4, -0.2) is 19.8 Å². The molecule has 98 valence electrons. The second kappa shape index (κ2) is 4.90. The second-order valence-electron chi connectivity index (χ2n) is 4.64. The van der Waals surface area contributed by atoms with Crippen LogP contribution in [-0.2, 0) is 12.8 Å². The number of nitrogens with two attached hydrogens (primary N) is 1. The molecule has 0 radical (unpaired) electrons. The van der Waals surface area contributed by atoms with Crippen LogP contribution in [0.4, 0.5) is 0 Å². The number of hydrogen-bond donors (Lipinski definition) is 1. The lowest BCUT2D eigenvalue weighted by Gasteiger charge is -2.18. The molecule has 0 unspecified atom stereocenters. The molecule has 0 atom stereocenters. The molecule has 0 amide bonds. The predicted octanol–water partition coefficient (Wildman–Crippen LogP) is 2.43. The van der Waals surface area contributed by atoms with Gasteiger partial charge in [-0.3, -0.25) is 0 Å². The van der Waals surface area contributed by atoms with Gasteiger partial charge in [0.25, 0.3) is 0 Å². The molecule has 2 aromatic heterocycles. The molecule has 6 heteroatoms. The predicted molar refractivity (Wildman–Crippen MR) is 78.9 cm³/mol. The smallest absolute Gasteiger partial charge is 0.163 e. The minimum absolute atomic E-state index is 0.336. The summed E-state index contributed by atoms with van der Waals surface area (Å²) < 4.78 is 1.63. The van der Waals surface area contributed by atoms with Gasteiger partial charge in [0.05, 0.1) is 23.0 Å². The Balaban J connectivity index is 2.18. The standard InChI is InChI=1S/C13H13ClN4S/c14-9-6-16-18(7-9)13-10(12(15)19)5-8-3-1-2-4-11(8)17-13/h5-7H,1-4H2,(H2,15,19). The van der Waals surface area contributed by atoms with E-state index < -0.39 is 0 Å². The van der Waals surface area contributed by atoms with Gasteiger partial charge >= 0.3 is 0 Å². The summed E-state index contributed by atoms with van der Waals surface area (Å²) in [5.74, 6) is 0.667. The van der Waals surface area contributed by atoms with E-state index in [1.165, 1.54) is 18.4 Å². The second-order valence-corrected chi connectivity index (χ2v) is 5.52.